The van der Waals surface area contributed by atoms with E-state index in [4.69, 9.17) is 10.2 Å². The Labute approximate surface area is 132 Å². The summed E-state index contributed by atoms with van der Waals surface area (Å²) in [6.07, 6.45) is 5.03. The second-order valence-electron chi connectivity index (χ2n) is 5.83. The zero-order valence-electron chi connectivity index (χ0n) is 12.7. The van der Waals surface area contributed by atoms with Crippen molar-refractivity contribution in [2.75, 3.05) is 13.1 Å². The fourth-order valence-corrected chi connectivity index (χ4v) is 3.41. The minimum Gasteiger partial charge on any atom is -0.461 e. The van der Waals surface area contributed by atoms with Gasteiger partial charge in [-0.1, -0.05) is 24.6 Å². The van der Waals surface area contributed by atoms with Gasteiger partial charge >= 0.3 is 0 Å². The summed E-state index contributed by atoms with van der Waals surface area (Å²) in [7, 11) is 0. The molecule has 0 radical (unpaired) electrons. The van der Waals surface area contributed by atoms with Gasteiger partial charge in [0.15, 0.2) is 0 Å². The molecule has 1 saturated heterocycles. The predicted molar refractivity (Wildman–Crippen MR) is 89.9 cm³/mol. The summed E-state index contributed by atoms with van der Waals surface area (Å²) in [5.74, 6) is 1.06. The van der Waals surface area contributed by atoms with E-state index in [2.05, 4.69) is 30.0 Å². The van der Waals surface area contributed by atoms with Gasteiger partial charge in [-0.3, -0.25) is 4.90 Å². The Hall–Kier alpha value is -1.03. The van der Waals surface area contributed by atoms with E-state index >= 15 is 0 Å². The fraction of sp³-hybridized carbons (Fsp3) is 0.529. The average Bonchev–Trinajstić information content (AvgIpc) is 2.78. The molecule has 0 amide bonds. The molecular weight excluding hydrogens is 284 g/mol. The van der Waals surface area contributed by atoms with Crippen molar-refractivity contribution in [1.29, 1.82) is 0 Å². The highest BCUT2D eigenvalue weighted by Gasteiger charge is 2.23. The van der Waals surface area contributed by atoms with Gasteiger partial charge in [0.2, 0.25) is 0 Å². The van der Waals surface area contributed by atoms with E-state index in [9.17, 15) is 0 Å². The van der Waals surface area contributed by atoms with E-state index in [-0.39, 0.29) is 12.4 Å². The number of hydrogen-bond acceptors (Lipinski definition) is 3. The van der Waals surface area contributed by atoms with Gasteiger partial charge in [0, 0.05) is 23.5 Å². The molecule has 1 atom stereocenters. The maximum atomic E-state index is 5.88. The first-order valence-corrected chi connectivity index (χ1v) is 7.70. The molecule has 2 heterocycles. The summed E-state index contributed by atoms with van der Waals surface area (Å²) in [5, 5.41) is 1.27. The fourth-order valence-electron chi connectivity index (χ4n) is 3.41. The Bertz CT molecular complexity index is 579. The maximum Gasteiger partial charge on any atom is 0.134 e. The van der Waals surface area contributed by atoms with Crippen LogP contribution in [0.15, 0.2) is 28.7 Å². The van der Waals surface area contributed by atoms with Crippen molar-refractivity contribution in [2.24, 2.45) is 5.73 Å². The molecule has 0 bridgehead atoms. The molecule has 1 unspecified atom stereocenters. The van der Waals surface area contributed by atoms with E-state index in [0.29, 0.717) is 6.04 Å². The van der Waals surface area contributed by atoms with E-state index in [1.807, 2.05) is 6.07 Å². The van der Waals surface area contributed by atoms with Crippen LogP contribution in [0.5, 0.6) is 0 Å². The first-order chi connectivity index (χ1) is 9.79. The van der Waals surface area contributed by atoms with Crippen molar-refractivity contribution < 1.29 is 4.42 Å². The van der Waals surface area contributed by atoms with Crippen molar-refractivity contribution in [3.05, 3.63) is 35.6 Å². The molecule has 1 aromatic carbocycles. The second kappa shape index (κ2) is 7.30. The predicted octanol–water partition coefficient (Wildman–Crippen LogP) is 3.87. The zero-order chi connectivity index (χ0) is 13.9. The van der Waals surface area contributed by atoms with Crippen LogP contribution >= 0.6 is 12.4 Å². The van der Waals surface area contributed by atoms with Crippen LogP contribution < -0.4 is 5.73 Å². The molecule has 1 fully saturated rings. The standard InChI is InChI=1S/C17H24N2O.ClH/c1-13-16(15-7-2-3-8-17(15)20-13)12-19-11-5-4-6-14(19)9-10-18;/h2-3,7-8,14H,4-6,9-12,18H2,1H3;1H. The molecule has 0 spiro atoms. The Morgan fingerprint density at radius 2 is 2.10 bits per heavy atom. The molecule has 3 nitrogen and oxygen atoms in total. The van der Waals surface area contributed by atoms with Gasteiger partial charge in [-0.05, 0) is 45.3 Å². The number of likely N-dealkylation sites (tertiary alicyclic amines) is 1. The van der Waals surface area contributed by atoms with Gasteiger partial charge in [0.25, 0.3) is 0 Å². The molecular formula is C17H25ClN2O. The number of benzene rings is 1. The van der Waals surface area contributed by atoms with Crippen LogP contribution in [0.25, 0.3) is 11.0 Å². The smallest absolute Gasteiger partial charge is 0.134 e. The number of aryl methyl sites for hydroxylation is 1. The Morgan fingerprint density at radius 1 is 1.29 bits per heavy atom. The highest BCUT2D eigenvalue weighted by atomic mass is 35.5. The molecule has 2 N–H and O–H groups in total. The molecule has 1 aliphatic rings. The number of furan rings is 1. The van der Waals surface area contributed by atoms with Crippen LogP contribution in [0, 0.1) is 6.92 Å². The van der Waals surface area contributed by atoms with Crippen LogP contribution in [0.1, 0.15) is 37.0 Å². The van der Waals surface area contributed by atoms with Crippen LogP contribution in [0.2, 0.25) is 0 Å². The quantitative estimate of drug-likeness (QED) is 0.932. The van der Waals surface area contributed by atoms with Crippen molar-refractivity contribution in [1.82, 2.24) is 4.90 Å². The topological polar surface area (TPSA) is 42.4 Å². The van der Waals surface area contributed by atoms with Gasteiger partial charge in [-0.2, -0.15) is 0 Å². The van der Waals surface area contributed by atoms with E-state index < -0.39 is 0 Å². The monoisotopic (exact) mass is 308 g/mol. The van der Waals surface area contributed by atoms with Crippen LogP contribution in [-0.4, -0.2) is 24.0 Å². The van der Waals surface area contributed by atoms with E-state index in [0.717, 1.165) is 30.9 Å². The van der Waals surface area contributed by atoms with Crippen molar-refractivity contribution in [3.63, 3.8) is 0 Å². The molecule has 3 rings (SSSR count). The first kappa shape index (κ1) is 16.3. The van der Waals surface area contributed by atoms with Crippen LogP contribution in [0.4, 0.5) is 0 Å². The van der Waals surface area contributed by atoms with Gasteiger partial charge in [-0.25, -0.2) is 0 Å². The van der Waals surface area contributed by atoms with Crippen molar-refractivity contribution in [2.45, 2.75) is 45.2 Å². The number of fused-ring (bicyclic) bond motifs is 1. The summed E-state index contributed by atoms with van der Waals surface area (Å²) in [4.78, 5) is 2.60. The van der Waals surface area contributed by atoms with Gasteiger partial charge in [-0.15, -0.1) is 12.4 Å². The lowest BCUT2D eigenvalue weighted by Gasteiger charge is -2.35. The molecule has 21 heavy (non-hydrogen) atoms. The molecule has 0 saturated carbocycles. The Balaban J connectivity index is 0.00000161. The van der Waals surface area contributed by atoms with Gasteiger partial charge in [0.05, 0.1) is 0 Å². The summed E-state index contributed by atoms with van der Waals surface area (Å²) in [6.45, 7) is 5.04. The zero-order valence-corrected chi connectivity index (χ0v) is 13.5. The van der Waals surface area contributed by atoms with Crippen molar-refractivity contribution >= 4 is 23.4 Å². The molecule has 0 aliphatic carbocycles. The van der Waals surface area contributed by atoms with Gasteiger partial charge in [0.1, 0.15) is 11.3 Å². The SMILES string of the molecule is Cc1oc2ccccc2c1CN1CCCCC1CCN.Cl. The van der Waals surface area contributed by atoms with Gasteiger partial charge < -0.3 is 10.2 Å². The molecule has 2 aromatic rings. The number of halogens is 1. The second-order valence-corrected chi connectivity index (χ2v) is 5.83. The minimum absolute atomic E-state index is 0. The lowest BCUT2D eigenvalue weighted by atomic mass is 9.98. The first-order valence-electron chi connectivity index (χ1n) is 7.70. The lowest BCUT2D eigenvalue weighted by molar-refractivity contribution is 0.134. The van der Waals surface area contributed by atoms with Crippen LogP contribution in [-0.2, 0) is 6.54 Å². The van der Waals surface area contributed by atoms with E-state index in [1.54, 1.807) is 0 Å². The largest absolute Gasteiger partial charge is 0.461 e. The number of nitrogens with zero attached hydrogens (tertiary/aromatic N) is 1. The lowest BCUT2D eigenvalue weighted by Crippen LogP contribution is -2.40. The Morgan fingerprint density at radius 3 is 2.90 bits per heavy atom. The number of hydrogen-bond donors (Lipinski definition) is 1. The number of para-hydroxylation sites is 1. The third-order valence-electron chi connectivity index (χ3n) is 4.51. The summed E-state index contributed by atoms with van der Waals surface area (Å²) >= 11 is 0. The normalized spacial score (nSPS) is 19.6. The highest BCUT2D eigenvalue weighted by Crippen LogP contribution is 2.29. The molecule has 4 heteroatoms. The van der Waals surface area contributed by atoms with Crippen molar-refractivity contribution in [3.8, 4) is 0 Å². The summed E-state index contributed by atoms with van der Waals surface area (Å²) < 4.78 is 5.88. The minimum atomic E-state index is 0. The number of piperidine rings is 1. The van der Waals surface area contributed by atoms with Crippen LogP contribution in [0.3, 0.4) is 0 Å². The average molecular weight is 309 g/mol. The molecule has 116 valence electrons. The number of nitrogens with two attached hydrogens (primary N) is 1. The van der Waals surface area contributed by atoms with E-state index in [1.165, 1.54) is 36.8 Å². The molecule has 1 aliphatic heterocycles. The number of rotatable bonds is 4. The molecule has 1 aromatic heterocycles. The Kier molecular flexibility index (Phi) is 5.68. The maximum absolute atomic E-state index is 5.88. The summed E-state index contributed by atoms with van der Waals surface area (Å²) in [5.41, 5.74) is 8.13. The third kappa shape index (κ3) is 3.42. The third-order valence-corrected chi connectivity index (χ3v) is 4.51. The summed E-state index contributed by atoms with van der Waals surface area (Å²) in [6, 6.07) is 8.99. The highest BCUT2D eigenvalue weighted by molar-refractivity contribution is 5.85.